The van der Waals surface area contributed by atoms with Crippen LogP contribution >= 0.6 is 0 Å². The summed E-state index contributed by atoms with van der Waals surface area (Å²) < 4.78 is 88.0. The van der Waals surface area contributed by atoms with Crippen molar-refractivity contribution in [3.8, 4) is 0 Å². The van der Waals surface area contributed by atoms with Crippen LogP contribution in [0.2, 0.25) is 0 Å². The van der Waals surface area contributed by atoms with Gasteiger partial charge in [0.1, 0.15) is 11.7 Å². The van der Waals surface area contributed by atoms with Gasteiger partial charge in [0.2, 0.25) is 0 Å². The number of benzene rings is 2. The number of halogens is 6. The topological polar surface area (TPSA) is 64.6 Å². The minimum absolute atomic E-state index is 0.0579. The van der Waals surface area contributed by atoms with E-state index in [4.69, 9.17) is 9.47 Å². The van der Waals surface area contributed by atoms with Crippen molar-refractivity contribution in [1.29, 1.82) is 0 Å². The Bertz CT molecular complexity index is 1090. The smallest absolute Gasteiger partial charge is 0.416 e. The van der Waals surface area contributed by atoms with E-state index in [9.17, 15) is 35.9 Å². The molecule has 5 nitrogen and oxygen atoms in total. The monoisotopic (exact) mass is 531 g/mol. The Kier molecular flexibility index (Phi) is 8.14. The molecule has 0 unspecified atom stereocenters. The van der Waals surface area contributed by atoms with Crippen molar-refractivity contribution in [2.45, 2.75) is 70.1 Å². The number of hydrogen-bond donors (Lipinski definition) is 1. The highest BCUT2D eigenvalue weighted by Gasteiger charge is 2.40. The summed E-state index contributed by atoms with van der Waals surface area (Å²) in [6, 6.07) is 8.06. The average Bonchev–Trinajstić information content (AvgIpc) is 3.11. The second-order valence-electron chi connectivity index (χ2n) is 9.96. The van der Waals surface area contributed by atoms with Gasteiger partial charge in [-0.2, -0.15) is 26.3 Å². The molecule has 0 aliphatic carbocycles. The molecular weight excluding hydrogens is 504 g/mol. The number of alkyl halides is 6. The van der Waals surface area contributed by atoms with Gasteiger partial charge in [-0.15, -0.1) is 0 Å². The van der Waals surface area contributed by atoms with Crippen molar-refractivity contribution in [3.63, 3.8) is 0 Å². The quantitative estimate of drug-likeness (QED) is 0.349. The first-order valence-corrected chi connectivity index (χ1v) is 11.5. The number of esters is 1. The van der Waals surface area contributed by atoms with E-state index in [1.165, 1.54) is 24.3 Å². The van der Waals surface area contributed by atoms with Crippen molar-refractivity contribution < 1.29 is 45.4 Å². The number of alkyl carbamates (subject to hydrolysis) is 1. The Morgan fingerprint density at radius 2 is 1.41 bits per heavy atom. The van der Waals surface area contributed by atoms with Crippen LogP contribution in [0.15, 0.2) is 48.5 Å². The second-order valence-corrected chi connectivity index (χ2v) is 9.96. The predicted octanol–water partition coefficient (Wildman–Crippen LogP) is 6.33. The first-order valence-electron chi connectivity index (χ1n) is 11.5. The molecule has 1 N–H and O–H groups in total. The van der Waals surface area contributed by atoms with Gasteiger partial charge in [0.05, 0.1) is 23.1 Å². The molecule has 37 heavy (non-hydrogen) atoms. The highest BCUT2D eigenvalue weighted by Crippen LogP contribution is 2.32. The summed E-state index contributed by atoms with van der Waals surface area (Å²) in [4.78, 5) is 25.0. The fraction of sp³-hybridized carbons (Fsp3) is 0.462. The molecule has 0 spiro atoms. The maximum absolute atomic E-state index is 12.9. The minimum atomic E-state index is -4.50. The van der Waals surface area contributed by atoms with Crippen LogP contribution in [-0.4, -0.2) is 29.8 Å². The van der Waals surface area contributed by atoms with Crippen molar-refractivity contribution in [2.75, 3.05) is 0 Å². The van der Waals surface area contributed by atoms with Crippen molar-refractivity contribution in [2.24, 2.45) is 5.92 Å². The highest BCUT2D eigenvalue weighted by atomic mass is 19.4. The highest BCUT2D eigenvalue weighted by molar-refractivity contribution is 5.75. The molecule has 1 fully saturated rings. The van der Waals surface area contributed by atoms with Gasteiger partial charge < -0.3 is 14.8 Å². The number of amides is 1. The van der Waals surface area contributed by atoms with Crippen molar-refractivity contribution >= 4 is 12.1 Å². The number of rotatable bonds is 6. The Hall–Kier alpha value is -3.24. The van der Waals surface area contributed by atoms with E-state index >= 15 is 0 Å². The van der Waals surface area contributed by atoms with Gasteiger partial charge in [0, 0.05) is 6.42 Å². The van der Waals surface area contributed by atoms with E-state index < -0.39 is 59.2 Å². The third-order valence-electron chi connectivity index (χ3n) is 5.77. The number of carbonyl (C=O) groups excluding carboxylic acids is 2. The Morgan fingerprint density at radius 1 is 0.919 bits per heavy atom. The average molecular weight is 531 g/mol. The lowest BCUT2D eigenvalue weighted by Gasteiger charge is -2.26. The predicted molar refractivity (Wildman–Crippen MR) is 121 cm³/mol. The number of hydrogen-bond acceptors (Lipinski definition) is 4. The van der Waals surface area contributed by atoms with Crippen LogP contribution in [-0.2, 0) is 39.5 Å². The van der Waals surface area contributed by atoms with Gasteiger partial charge >= 0.3 is 24.4 Å². The molecule has 0 saturated carbocycles. The van der Waals surface area contributed by atoms with Gasteiger partial charge in [0.25, 0.3) is 0 Å². The molecular formula is C26H27F6NO4. The second kappa shape index (κ2) is 10.6. The third kappa shape index (κ3) is 8.13. The molecule has 2 aromatic carbocycles. The van der Waals surface area contributed by atoms with Crippen LogP contribution in [0.25, 0.3) is 0 Å². The van der Waals surface area contributed by atoms with E-state index in [2.05, 4.69) is 5.32 Å². The summed E-state index contributed by atoms with van der Waals surface area (Å²) in [5.74, 6) is -1.24. The molecule has 202 valence electrons. The summed E-state index contributed by atoms with van der Waals surface area (Å²) >= 11 is 0. The van der Waals surface area contributed by atoms with Gasteiger partial charge in [-0.1, -0.05) is 24.3 Å². The lowest BCUT2D eigenvalue weighted by atomic mass is 9.91. The van der Waals surface area contributed by atoms with E-state index in [-0.39, 0.29) is 19.3 Å². The van der Waals surface area contributed by atoms with Crippen LogP contribution in [0.3, 0.4) is 0 Å². The Morgan fingerprint density at radius 3 is 1.86 bits per heavy atom. The molecule has 1 aliphatic rings. The molecule has 11 heteroatoms. The van der Waals surface area contributed by atoms with E-state index in [1.54, 1.807) is 20.8 Å². The zero-order valence-corrected chi connectivity index (χ0v) is 20.4. The molecule has 1 heterocycles. The third-order valence-corrected chi connectivity index (χ3v) is 5.77. The molecule has 3 rings (SSSR count). The van der Waals surface area contributed by atoms with Gasteiger partial charge in [-0.05, 0) is 69.0 Å². The first kappa shape index (κ1) is 28.3. The van der Waals surface area contributed by atoms with Crippen LogP contribution in [0, 0.1) is 5.92 Å². The SMILES string of the molecule is CC(C)(C)OC(=O)N[C@H](Cc1ccc(C(F)(F)F)cc1)[C@H]1C[C@H](Cc2ccc(C(F)(F)F)cc2)C(=O)O1. The van der Waals surface area contributed by atoms with Crippen LogP contribution in [0.5, 0.6) is 0 Å². The maximum atomic E-state index is 12.9. The summed E-state index contributed by atoms with van der Waals surface area (Å²) in [6.45, 7) is 4.98. The zero-order valence-electron chi connectivity index (χ0n) is 20.4. The molecule has 0 aromatic heterocycles. The van der Waals surface area contributed by atoms with E-state index in [0.29, 0.717) is 11.1 Å². The summed E-state index contributed by atoms with van der Waals surface area (Å²) in [5.41, 5.74) is -1.47. The van der Waals surface area contributed by atoms with Crippen molar-refractivity contribution in [3.05, 3.63) is 70.8 Å². The lowest BCUT2D eigenvalue weighted by molar-refractivity contribution is -0.145. The van der Waals surface area contributed by atoms with E-state index in [0.717, 1.165) is 24.3 Å². The largest absolute Gasteiger partial charge is 0.460 e. The summed E-state index contributed by atoms with van der Waals surface area (Å²) in [5, 5.41) is 2.65. The number of ether oxygens (including phenoxy) is 2. The molecule has 2 aromatic rings. The van der Waals surface area contributed by atoms with Gasteiger partial charge in [0.15, 0.2) is 0 Å². The lowest BCUT2D eigenvalue weighted by Crippen LogP contribution is -2.46. The summed E-state index contributed by atoms with van der Waals surface area (Å²) in [7, 11) is 0. The van der Waals surface area contributed by atoms with Gasteiger partial charge in [-0.25, -0.2) is 4.79 Å². The minimum Gasteiger partial charge on any atom is -0.460 e. The Balaban J connectivity index is 1.75. The van der Waals surface area contributed by atoms with Crippen LogP contribution < -0.4 is 5.32 Å². The van der Waals surface area contributed by atoms with Crippen LogP contribution in [0.4, 0.5) is 31.1 Å². The Labute approximate surface area is 210 Å². The fourth-order valence-electron chi connectivity index (χ4n) is 4.02. The molecule has 1 aliphatic heterocycles. The van der Waals surface area contributed by atoms with Crippen molar-refractivity contribution in [1.82, 2.24) is 5.32 Å². The first-order chi connectivity index (χ1) is 17.0. The number of cyclic esters (lactones) is 1. The number of carbonyl (C=O) groups is 2. The normalized spacial score (nSPS) is 19.3. The molecule has 1 saturated heterocycles. The fourth-order valence-corrected chi connectivity index (χ4v) is 4.02. The van der Waals surface area contributed by atoms with Crippen LogP contribution in [0.1, 0.15) is 49.4 Å². The van der Waals surface area contributed by atoms with Gasteiger partial charge in [-0.3, -0.25) is 4.79 Å². The van der Waals surface area contributed by atoms with E-state index in [1.807, 2.05) is 0 Å². The standard InChI is InChI=1S/C26H27F6NO4/c1-24(2,3)37-23(35)33-20(13-16-6-10-19(11-7-16)26(30,31)32)21-14-17(22(34)36-21)12-15-4-8-18(9-5-15)25(27,28)29/h4-11,17,20-21H,12-14H2,1-3H3,(H,33,35)/t17-,20+,21+/m0/s1. The maximum Gasteiger partial charge on any atom is 0.416 e. The molecule has 1 amide bonds. The number of nitrogens with one attached hydrogen (secondary N) is 1. The summed E-state index contributed by atoms with van der Waals surface area (Å²) in [6.07, 6.45) is -10.2. The molecule has 0 radical (unpaired) electrons. The molecule has 0 bridgehead atoms. The zero-order chi connectivity index (χ0) is 27.6. The molecule has 3 atom stereocenters.